The highest BCUT2D eigenvalue weighted by molar-refractivity contribution is 9.10. The van der Waals surface area contributed by atoms with E-state index in [0.717, 1.165) is 8.95 Å². The Balaban J connectivity index is 1.29. The minimum Gasteiger partial charge on any atom is -0.349 e. The molecule has 4 aromatic rings. The Bertz CT molecular complexity index is 1890. The SMILES string of the molecule is COC1(OC)C2(Cl)c3nc4ccc(Br)cc4nc3C1(Cl)C1CC3C(CC12)C1(Cl)c2nc4cc(Br)ccc4nc2C3(Cl)C1(OC)OC. The first-order chi connectivity index (χ1) is 21.9. The number of rotatable bonds is 4. The molecule has 2 heterocycles. The third-order valence-electron chi connectivity index (χ3n) is 11.7. The topological polar surface area (TPSA) is 88.5 Å². The molecule has 3 fully saturated rings. The van der Waals surface area contributed by atoms with Gasteiger partial charge in [-0.2, -0.15) is 0 Å². The Morgan fingerprint density at radius 1 is 0.522 bits per heavy atom. The fraction of sp³-hybridized carbons (Fsp3) is 0.500. The van der Waals surface area contributed by atoms with Crippen LogP contribution < -0.4 is 0 Å². The van der Waals surface area contributed by atoms with Crippen molar-refractivity contribution in [1.29, 1.82) is 0 Å². The van der Waals surface area contributed by atoms with Crippen molar-refractivity contribution in [3.05, 3.63) is 68.1 Å². The van der Waals surface area contributed by atoms with Gasteiger partial charge in [-0.15, -0.1) is 46.4 Å². The van der Waals surface area contributed by atoms with Crippen molar-refractivity contribution in [1.82, 2.24) is 19.9 Å². The van der Waals surface area contributed by atoms with Gasteiger partial charge in [-0.1, -0.05) is 31.9 Å². The molecule has 5 aliphatic rings. The van der Waals surface area contributed by atoms with Crippen LogP contribution in [0.5, 0.6) is 0 Å². The standard InChI is InChI=1S/C32H26Br2Cl4N4O4/c1-43-31(44-2)27(35)15-11-18-16(12-17(15)29(31,37)25-23(27)39-19-7-5-13(33)9-21(19)41-25)28(36)24-26(30(18,38)32(28,45-3)46-4)42-22-10-14(34)6-8-20(22)40-24/h5-10,15-18H,11-12H2,1-4H3. The monoisotopic (exact) mass is 828 g/mol. The van der Waals surface area contributed by atoms with Crippen LogP contribution in [-0.2, 0) is 38.4 Å². The number of halogens is 6. The molecule has 14 heteroatoms. The molecule has 0 aliphatic heterocycles. The third-order valence-corrected chi connectivity index (χ3v) is 15.5. The predicted molar refractivity (Wildman–Crippen MR) is 181 cm³/mol. The van der Waals surface area contributed by atoms with Gasteiger partial charge in [0.2, 0.25) is 11.6 Å². The molecule has 0 saturated heterocycles. The Morgan fingerprint density at radius 2 is 0.804 bits per heavy atom. The van der Waals surface area contributed by atoms with Gasteiger partial charge in [0.1, 0.15) is 19.5 Å². The third kappa shape index (κ3) is 2.94. The van der Waals surface area contributed by atoms with Crippen LogP contribution in [0.1, 0.15) is 35.6 Å². The molecule has 8 unspecified atom stereocenters. The van der Waals surface area contributed by atoms with Gasteiger partial charge >= 0.3 is 0 Å². The molecule has 2 aromatic carbocycles. The molecule has 4 bridgehead atoms. The summed E-state index contributed by atoms with van der Waals surface area (Å²) in [4.78, 5) is 15.1. The number of benzene rings is 2. The van der Waals surface area contributed by atoms with E-state index in [-0.39, 0.29) is 23.7 Å². The van der Waals surface area contributed by atoms with Gasteiger partial charge in [-0.3, -0.25) is 0 Å². The van der Waals surface area contributed by atoms with Crippen LogP contribution in [0.15, 0.2) is 45.3 Å². The number of fused-ring (bicyclic) bond motifs is 18. The summed E-state index contributed by atoms with van der Waals surface area (Å²) in [5.74, 6) is -4.17. The molecule has 2 aromatic heterocycles. The van der Waals surface area contributed by atoms with Crippen molar-refractivity contribution in [2.75, 3.05) is 28.4 Å². The summed E-state index contributed by atoms with van der Waals surface area (Å²) in [7, 11) is 6.29. The fourth-order valence-corrected chi connectivity index (χ4v) is 13.7. The van der Waals surface area contributed by atoms with Crippen molar-refractivity contribution in [2.24, 2.45) is 23.7 Å². The second-order valence-electron chi connectivity index (χ2n) is 12.9. The zero-order valence-corrected chi connectivity index (χ0v) is 31.1. The number of ether oxygens (including phenoxy) is 4. The van der Waals surface area contributed by atoms with E-state index in [1.165, 1.54) is 0 Å². The second-order valence-corrected chi connectivity index (χ2v) is 17.1. The predicted octanol–water partition coefficient (Wildman–Crippen LogP) is 7.83. The van der Waals surface area contributed by atoms with E-state index in [1.54, 1.807) is 28.4 Å². The largest absolute Gasteiger partial charge is 0.349 e. The summed E-state index contributed by atoms with van der Waals surface area (Å²) >= 11 is 38.9. The maximum Gasteiger partial charge on any atom is 0.219 e. The van der Waals surface area contributed by atoms with E-state index < -0.39 is 31.1 Å². The molecule has 8 nitrogen and oxygen atoms in total. The minimum absolute atomic E-state index is 0.296. The Morgan fingerprint density at radius 3 is 1.09 bits per heavy atom. The zero-order valence-electron chi connectivity index (χ0n) is 24.9. The molecule has 0 radical (unpaired) electrons. The van der Waals surface area contributed by atoms with Crippen molar-refractivity contribution in [3.8, 4) is 0 Å². The number of nitrogens with zero attached hydrogens (tertiary/aromatic N) is 4. The molecule has 8 atom stereocenters. The Kier molecular flexibility index (Phi) is 6.38. The van der Waals surface area contributed by atoms with Gasteiger partial charge in [-0.05, 0) is 72.9 Å². The van der Waals surface area contributed by atoms with Crippen molar-refractivity contribution < 1.29 is 18.9 Å². The van der Waals surface area contributed by atoms with Gasteiger partial charge in [-0.25, -0.2) is 19.9 Å². The summed E-state index contributed by atoms with van der Waals surface area (Å²) in [5.41, 5.74) is 4.94. The van der Waals surface area contributed by atoms with Crippen LogP contribution >= 0.6 is 78.3 Å². The van der Waals surface area contributed by atoms with E-state index in [2.05, 4.69) is 31.9 Å². The maximum absolute atomic E-state index is 7.94. The smallest absolute Gasteiger partial charge is 0.219 e. The maximum atomic E-state index is 7.94. The lowest BCUT2D eigenvalue weighted by atomic mass is 9.59. The second kappa shape index (κ2) is 9.44. The van der Waals surface area contributed by atoms with Crippen molar-refractivity contribution >= 4 is 100 Å². The number of alkyl halides is 4. The molecule has 240 valence electrons. The van der Waals surface area contributed by atoms with Gasteiger partial charge in [0, 0.05) is 37.4 Å². The molecule has 0 N–H and O–H groups in total. The highest BCUT2D eigenvalue weighted by Crippen LogP contribution is 2.84. The Labute approximate surface area is 301 Å². The van der Waals surface area contributed by atoms with E-state index >= 15 is 0 Å². The summed E-state index contributed by atoms with van der Waals surface area (Å²) < 4.78 is 26.9. The normalized spacial score (nSPS) is 38.7. The first-order valence-electron chi connectivity index (χ1n) is 14.8. The molecule has 46 heavy (non-hydrogen) atoms. The van der Waals surface area contributed by atoms with Crippen LogP contribution in [-0.4, -0.2) is 59.9 Å². The highest BCUT2D eigenvalue weighted by Gasteiger charge is 2.91. The summed E-state index contributed by atoms with van der Waals surface area (Å²) in [6.07, 6.45) is 0.983. The van der Waals surface area contributed by atoms with Crippen LogP contribution in [0.3, 0.4) is 0 Å². The van der Waals surface area contributed by atoms with Gasteiger partial charge < -0.3 is 18.9 Å². The summed E-state index contributed by atoms with van der Waals surface area (Å²) in [6.45, 7) is 0. The van der Waals surface area contributed by atoms with Crippen LogP contribution in [0.25, 0.3) is 22.1 Å². The number of hydrogen-bond acceptors (Lipinski definition) is 8. The van der Waals surface area contributed by atoms with Crippen LogP contribution in [0.2, 0.25) is 0 Å². The number of aromatic nitrogens is 4. The molecule has 3 saturated carbocycles. The van der Waals surface area contributed by atoms with Crippen LogP contribution in [0, 0.1) is 23.7 Å². The molecule has 0 amide bonds. The average Bonchev–Trinajstić information content (AvgIpc) is 3.49. The van der Waals surface area contributed by atoms with Gasteiger partial charge in [0.15, 0.2) is 0 Å². The van der Waals surface area contributed by atoms with E-state index in [9.17, 15) is 0 Å². The molecule has 9 rings (SSSR count). The van der Waals surface area contributed by atoms with Crippen molar-refractivity contribution in [3.63, 3.8) is 0 Å². The molecular weight excluding hydrogens is 806 g/mol. The minimum atomic E-state index is -1.49. The zero-order chi connectivity index (χ0) is 32.4. The quantitative estimate of drug-likeness (QED) is 0.152. The molecule has 5 aliphatic carbocycles. The number of methoxy groups -OCH3 is 4. The molecular formula is C32H26Br2Cl4N4O4. The molecule has 0 spiro atoms. The van der Waals surface area contributed by atoms with E-state index in [1.807, 2.05) is 36.4 Å². The lowest BCUT2D eigenvalue weighted by Crippen LogP contribution is -2.54. The van der Waals surface area contributed by atoms with Crippen molar-refractivity contribution in [2.45, 2.75) is 43.9 Å². The first kappa shape index (κ1) is 31.1. The Hall–Kier alpha value is -0.920. The lowest BCUT2D eigenvalue weighted by molar-refractivity contribution is -0.241. The van der Waals surface area contributed by atoms with Gasteiger partial charge in [0.25, 0.3) is 0 Å². The average molecular weight is 832 g/mol. The first-order valence-corrected chi connectivity index (χ1v) is 17.9. The lowest BCUT2D eigenvalue weighted by Gasteiger charge is -2.49. The summed E-state index contributed by atoms with van der Waals surface area (Å²) in [5, 5.41) is 0. The van der Waals surface area contributed by atoms with E-state index in [0.29, 0.717) is 57.7 Å². The number of hydrogen-bond donors (Lipinski definition) is 0. The van der Waals surface area contributed by atoms with Crippen LogP contribution in [0.4, 0.5) is 0 Å². The van der Waals surface area contributed by atoms with Gasteiger partial charge in [0.05, 0.1) is 44.8 Å². The van der Waals surface area contributed by atoms with E-state index in [4.69, 9.17) is 85.3 Å². The fourth-order valence-electron chi connectivity index (χ4n) is 10.2. The highest BCUT2D eigenvalue weighted by atomic mass is 79.9. The summed E-state index contributed by atoms with van der Waals surface area (Å²) in [6, 6.07) is 11.5.